The molecule has 0 spiro atoms. The molecule has 0 amide bonds. The topological polar surface area (TPSA) is 18.8 Å². The van der Waals surface area contributed by atoms with E-state index in [1.54, 1.807) is 11.4 Å². The summed E-state index contributed by atoms with van der Waals surface area (Å²) in [7, 11) is -2.81. The molecule has 180 valence electrons. The number of hydrogen-bond acceptors (Lipinski definition) is 4. The predicted molar refractivity (Wildman–Crippen MR) is 148 cm³/mol. The van der Waals surface area contributed by atoms with E-state index in [4.69, 9.17) is 57.3 Å². The van der Waals surface area contributed by atoms with Crippen LogP contribution in [0.3, 0.4) is 0 Å². The second-order valence-corrected chi connectivity index (χ2v) is 20.9. The summed E-state index contributed by atoms with van der Waals surface area (Å²) in [5.41, 5.74) is 0. The van der Waals surface area contributed by atoms with E-state index in [9.17, 15) is 0 Å². The van der Waals surface area contributed by atoms with Gasteiger partial charge in [0.05, 0.1) is 0 Å². The molecule has 3 nitrogen and oxygen atoms in total. The molecule has 0 N–H and O–H groups in total. The van der Waals surface area contributed by atoms with Gasteiger partial charge in [0.15, 0.2) is 13.3 Å². The van der Waals surface area contributed by atoms with Crippen LogP contribution in [0.5, 0.6) is 0 Å². The molecule has 1 aliphatic rings. The maximum Gasteiger partial charge on any atom is 0.210 e. The van der Waals surface area contributed by atoms with Crippen molar-refractivity contribution in [2.75, 3.05) is 5.75 Å². The largest absolute Gasteiger partial charge is 0.210 e. The van der Waals surface area contributed by atoms with Crippen LogP contribution in [0.1, 0.15) is 110 Å². The molecule has 0 aromatic heterocycles. The molecule has 1 heterocycles. The van der Waals surface area contributed by atoms with Crippen LogP contribution in [0.15, 0.2) is 4.52 Å². The van der Waals surface area contributed by atoms with Crippen molar-refractivity contribution in [2.24, 2.45) is 4.52 Å². The van der Waals surface area contributed by atoms with E-state index in [-0.39, 0.29) is 0 Å². The number of hydrogen-bond donors (Lipinski definition) is 0. The van der Waals surface area contributed by atoms with E-state index in [1.165, 1.54) is 104 Å². The average molecular weight is 598 g/mol. The fourth-order valence-electron chi connectivity index (χ4n) is 3.27. The van der Waals surface area contributed by atoms with Crippen LogP contribution in [0.2, 0.25) is 0 Å². The Balaban J connectivity index is 1.92. The molecule has 1 rings (SSSR count). The van der Waals surface area contributed by atoms with E-state index in [0.29, 0.717) is 0 Å². The summed E-state index contributed by atoms with van der Waals surface area (Å²) in [6, 6.07) is 0. The van der Waals surface area contributed by atoms with E-state index in [2.05, 4.69) is 11.4 Å². The molecule has 0 radical (unpaired) electrons. The summed E-state index contributed by atoms with van der Waals surface area (Å²) < 4.78 is 7.11. The van der Waals surface area contributed by atoms with Gasteiger partial charge in [-0.25, -0.2) is 4.52 Å². The SMILES string of the molecule is CCCCCCCCCCCCCCCCCCSP1(Cl)=NP(Cl)N(Cl)P(Cl)N1Cl. The van der Waals surface area contributed by atoms with E-state index >= 15 is 0 Å². The fraction of sp³-hybridized carbons (Fsp3) is 1.00. The third kappa shape index (κ3) is 13.0. The highest BCUT2D eigenvalue weighted by molar-refractivity contribution is 8.67. The van der Waals surface area contributed by atoms with Crippen LogP contribution in [-0.2, 0) is 0 Å². The van der Waals surface area contributed by atoms with Crippen LogP contribution in [0, 0.1) is 0 Å². The van der Waals surface area contributed by atoms with Crippen molar-refractivity contribution in [1.29, 1.82) is 0 Å². The molecule has 3 unspecified atom stereocenters. The summed E-state index contributed by atoms with van der Waals surface area (Å²) in [4.78, 5) is 0. The molecule has 0 saturated carbocycles. The Morgan fingerprint density at radius 3 is 1.57 bits per heavy atom. The zero-order chi connectivity index (χ0) is 22.2. The number of rotatable bonds is 18. The summed E-state index contributed by atoms with van der Waals surface area (Å²) in [6.07, 6.45) is 21.9. The normalized spacial score (nSPS) is 25.5. The van der Waals surface area contributed by atoms with Gasteiger partial charge in [0.2, 0.25) is 7.58 Å². The van der Waals surface area contributed by atoms with Crippen molar-refractivity contribution in [2.45, 2.75) is 110 Å². The lowest BCUT2D eigenvalue weighted by atomic mass is 10.0. The lowest BCUT2D eigenvalue weighted by molar-refractivity contribution is 0.532. The van der Waals surface area contributed by atoms with Gasteiger partial charge in [-0.15, -0.1) is 7.92 Å². The predicted octanol–water partition coefficient (Wildman–Crippen LogP) is 13.0. The molecule has 1 aliphatic heterocycles. The zero-order valence-electron chi connectivity index (χ0n) is 18.0. The Morgan fingerprint density at radius 1 is 0.733 bits per heavy atom. The molecule has 0 aromatic rings. The number of nitrogens with zero attached hydrogens (tertiary/aromatic N) is 3. The average Bonchev–Trinajstić information content (AvgIpc) is 2.73. The van der Waals surface area contributed by atoms with Gasteiger partial charge in [0, 0.05) is 5.75 Å². The Bertz CT molecular complexity index is 496. The first-order chi connectivity index (χ1) is 14.4. The van der Waals surface area contributed by atoms with Crippen LogP contribution in [-0.4, -0.2) is 13.7 Å². The Morgan fingerprint density at radius 2 is 1.13 bits per heavy atom. The second kappa shape index (κ2) is 19.1. The Labute approximate surface area is 216 Å². The molecule has 0 fully saturated rings. The van der Waals surface area contributed by atoms with Crippen LogP contribution in [0.4, 0.5) is 0 Å². The fourth-order valence-corrected chi connectivity index (χ4v) is 19.7. The van der Waals surface area contributed by atoms with Gasteiger partial charge < -0.3 is 0 Å². The molecule has 12 heteroatoms. The smallest absolute Gasteiger partial charge is 0.205 e. The van der Waals surface area contributed by atoms with Gasteiger partial charge in [-0.05, 0) is 52.5 Å². The van der Waals surface area contributed by atoms with Gasteiger partial charge in [0.25, 0.3) is 0 Å². The highest BCUT2D eigenvalue weighted by Crippen LogP contribution is 2.88. The van der Waals surface area contributed by atoms with Gasteiger partial charge in [-0.2, -0.15) is 0 Å². The third-order valence-corrected chi connectivity index (χ3v) is 22.2. The van der Waals surface area contributed by atoms with E-state index in [1.807, 2.05) is 0 Å². The number of unbranched alkanes of at least 4 members (excludes halogenated alkanes) is 15. The van der Waals surface area contributed by atoms with Gasteiger partial charge in [0.1, 0.15) is 0 Å². The van der Waals surface area contributed by atoms with E-state index in [0.717, 1.165) is 12.2 Å². The van der Waals surface area contributed by atoms with E-state index < -0.39 is 20.9 Å². The lowest BCUT2D eigenvalue weighted by Gasteiger charge is -2.36. The molecule has 0 aliphatic carbocycles. The maximum absolute atomic E-state index is 6.63. The Hall–Kier alpha value is 2.81. The molecule has 0 saturated heterocycles. The second-order valence-electron chi connectivity index (χ2n) is 7.66. The van der Waals surface area contributed by atoms with Crippen molar-refractivity contribution >= 4 is 89.6 Å². The molecular formula is C18H37Cl5N3P3S. The van der Waals surface area contributed by atoms with Gasteiger partial charge >= 0.3 is 0 Å². The summed E-state index contributed by atoms with van der Waals surface area (Å²) in [6.45, 7) is 2.28. The highest BCUT2D eigenvalue weighted by atomic mass is 35.7. The third-order valence-electron chi connectivity index (χ3n) is 5.05. The quantitative estimate of drug-likeness (QED) is 0.0890. The standard InChI is InChI=1S/C18H37Cl5N3P3S/c1-2-3-4-5-6-7-8-9-10-11-12-13-14-15-16-17-18-30-29(23)24-27(21)25(19)28(22)26(29)20/h2-18H2,1H3. The first-order valence-corrected chi connectivity index (χ1v) is 20.4. The first kappa shape index (κ1) is 30.8. The molecule has 3 atom stereocenters. The first-order valence-electron chi connectivity index (χ1n) is 11.2. The lowest BCUT2D eigenvalue weighted by Crippen LogP contribution is -2.07. The van der Waals surface area contributed by atoms with Gasteiger partial charge in [-0.3, -0.25) is 0 Å². The minimum atomic E-state index is -2.41. The van der Waals surface area contributed by atoms with Crippen molar-refractivity contribution in [1.82, 2.24) is 7.92 Å². The minimum Gasteiger partial charge on any atom is -0.205 e. The van der Waals surface area contributed by atoms with Crippen molar-refractivity contribution in [3.63, 3.8) is 0 Å². The molecule has 0 bridgehead atoms. The van der Waals surface area contributed by atoms with Crippen LogP contribution in [0.25, 0.3) is 0 Å². The van der Waals surface area contributed by atoms with Crippen LogP contribution < -0.4 is 0 Å². The van der Waals surface area contributed by atoms with Crippen LogP contribution >= 0.6 is 89.6 Å². The van der Waals surface area contributed by atoms with Crippen molar-refractivity contribution < 1.29 is 0 Å². The molecular weight excluding hydrogens is 560 g/mol. The molecule has 30 heavy (non-hydrogen) atoms. The summed E-state index contributed by atoms with van der Waals surface area (Å²) in [5, 5.41) is 0. The maximum atomic E-state index is 6.63. The highest BCUT2D eigenvalue weighted by Gasteiger charge is 2.43. The van der Waals surface area contributed by atoms with Gasteiger partial charge in [-0.1, -0.05) is 126 Å². The number of halogens is 5. The van der Waals surface area contributed by atoms with Crippen molar-refractivity contribution in [3.05, 3.63) is 0 Å². The van der Waals surface area contributed by atoms with Crippen molar-refractivity contribution in [3.8, 4) is 0 Å². The molecule has 0 aromatic carbocycles. The summed E-state index contributed by atoms with van der Waals surface area (Å²) in [5.74, 6) is -1.49. The monoisotopic (exact) mass is 595 g/mol. The summed E-state index contributed by atoms with van der Waals surface area (Å²) >= 11 is 32.9. The Kier molecular flexibility index (Phi) is 19.6. The minimum absolute atomic E-state index is 0.921. The zero-order valence-corrected chi connectivity index (χ0v) is 25.3.